The van der Waals surface area contributed by atoms with Crippen LogP contribution >= 0.6 is 11.8 Å². The highest BCUT2D eigenvalue weighted by Gasteiger charge is 2.07. The minimum absolute atomic E-state index is 0.512. The summed E-state index contributed by atoms with van der Waals surface area (Å²) in [5.41, 5.74) is 2.84. The maximum absolute atomic E-state index is 3.60. The highest BCUT2D eigenvalue weighted by Crippen LogP contribution is 2.17. The lowest BCUT2D eigenvalue weighted by Gasteiger charge is -2.17. The molecule has 0 saturated carbocycles. The number of nitrogens with one attached hydrogen (secondary N) is 1. The summed E-state index contributed by atoms with van der Waals surface area (Å²) >= 11 is 1.89. The molecule has 1 unspecified atom stereocenters. The van der Waals surface area contributed by atoms with Gasteiger partial charge in [0.25, 0.3) is 0 Å². The third kappa shape index (κ3) is 4.18. The second kappa shape index (κ2) is 7.75. The lowest BCUT2D eigenvalue weighted by Crippen LogP contribution is -2.23. The van der Waals surface area contributed by atoms with E-state index in [0.717, 1.165) is 19.4 Å². The first-order valence-electron chi connectivity index (χ1n) is 6.13. The van der Waals surface area contributed by atoms with Crippen molar-refractivity contribution in [3.63, 3.8) is 0 Å². The molecule has 0 aliphatic heterocycles. The van der Waals surface area contributed by atoms with Crippen molar-refractivity contribution < 1.29 is 0 Å². The van der Waals surface area contributed by atoms with Crippen molar-refractivity contribution in [1.82, 2.24) is 5.32 Å². The zero-order valence-corrected chi connectivity index (χ0v) is 11.4. The van der Waals surface area contributed by atoms with E-state index in [4.69, 9.17) is 0 Å². The van der Waals surface area contributed by atoms with Gasteiger partial charge in [-0.2, -0.15) is 11.8 Å². The van der Waals surface area contributed by atoms with Crippen LogP contribution < -0.4 is 5.32 Å². The Kier molecular flexibility index (Phi) is 6.58. The van der Waals surface area contributed by atoms with Crippen molar-refractivity contribution in [2.24, 2.45) is 0 Å². The second-order valence-electron chi connectivity index (χ2n) is 4.00. The van der Waals surface area contributed by atoms with Gasteiger partial charge < -0.3 is 5.32 Å². The largest absolute Gasteiger partial charge is 0.309 e. The molecule has 90 valence electrons. The molecule has 0 saturated heterocycles. The summed E-state index contributed by atoms with van der Waals surface area (Å²) in [4.78, 5) is 0. The van der Waals surface area contributed by atoms with Crippen molar-refractivity contribution in [3.8, 4) is 0 Å². The zero-order valence-electron chi connectivity index (χ0n) is 10.6. The molecule has 0 amide bonds. The first-order valence-corrected chi connectivity index (χ1v) is 7.52. The van der Waals surface area contributed by atoms with Gasteiger partial charge in [0.05, 0.1) is 0 Å². The first kappa shape index (κ1) is 13.6. The van der Waals surface area contributed by atoms with Gasteiger partial charge in [-0.05, 0) is 30.2 Å². The SMILES string of the molecule is CCc1ccc(C(CC)NCCSC)cc1. The molecule has 0 aromatic heterocycles. The van der Waals surface area contributed by atoms with Gasteiger partial charge in [-0.15, -0.1) is 0 Å². The fraction of sp³-hybridized carbons (Fsp3) is 0.571. The number of thioether (sulfide) groups is 1. The van der Waals surface area contributed by atoms with E-state index in [1.165, 1.54) is 16.9 Å². The van der Waals surface area contributed by atoms with Crippen LogP contribution in [0.5, 0.6) is 0 Å². The molecule has 0 aliphatic carbocycles. The van der Waals surface area contributed by atoms with Gasteiger partial charge in [0.1, 0.15) is 0 Å². The molecule has 0 heterocycles. The molecule has 1 aromatic carbocycles. The number of hydrogen-bond donors (Lipinski definition) is 1. The maximum atomic E-state index is 3.60. The smallest absolute Gasteiger partial charge is 0.0317 e. The van der Waals surface area contributed by atoms with Crippen molar-refractivity contribution in [3.05, 3.63) is 35.4 Å². The Morgan fingerprint density at radius 1 is 1.19 bits per heavy atom. The van der Waals surface area contributed by atoms with Crippen molar-refractivity contribution >= 4 is 11.8 Å². The Labute approximate surface area is 104 Å². The third-order valence-corrected chi connectivity index (χ3v) is 3.51. The van der Waals surface area contributed by atoms with E-state index in [2.05, 4.69) is 49.7 Å². The predicted octanol–water partition coefficient (Wildman–Crippen LogP) is 3.65. The highest BCUT2D eigenvalue weighted by molar-refractivity contribution is 7.98. The standard InChI is InChI=1S/C14H23NS/c1-4-12-6-8-13(9-7-12)14(5-2)15-10-11-16-3/h6-9,14-15H,4-5,10-11H2,1-3H3. The van der Waals surface area contributed by atoms with E-state index in [0.29, 0.717) is 6.04 Å². The Hall–Kier alpha value is -0.470. The molecule has 1 nitrogen and oxygen atoms in total. The molecule has 0 spiro atoms. The summed E-state index contributed by atoms with van der Waals surface area (Å²) in [6.07, 6.45) is 4.43. The summed E-state index contributed by atoms with van der Waals surface area (Å²) in [7, 11) is 0. The van der Waals surface area contributed by atoms with Crippen molar-refractivity contribution in [2.75, 3.05) is 18.6 Å². The van der Waals surface area contributed by atoms with Crippen LogP contribution in [0, 0.1) is 0 Å². The van der Waals surface area contributed by atoms with Crippen LogP contribution in [0.1, 0.15) is 37.4 Å². The average molecular weight is 237 g/mol. The van der Waals surface area contributed by atoms with E-state index in [1.54, 1.807) is 0 Å². The predicted molar refractivity (Wildman–Crippen MR) is 75.2 cm³/mol. The molecule has 1 N–H and O–H groups in total. The fourth-order valence-electron chi connectivity index (χ4n) is 1.82. The van der Waals surface area contributed by atoms with Crippen LogP contribution in [0.25, 0.3) is 0 Å². The summed E-state index contributed by atoms with van der Waals surface area (Å²) < 4.78 is 0. The van der Waals surface area contributed by atoms with Gasteiger partial charge in [-0.25, -0.2) is 0 Å². The molecular weight excluding hydrogens is 214 g/mol. The molecular formula is C14H23NS. The van der Waals surface area contributed by atoms with Crippen LogP contribution in [0.2, 0.25) is 0 Å². The van der Waals surface area contributed by atoms with Crippen LogP contribution in [-0.4, -0.2) is 18.6 Å². The zero-order chi connectivity index (χ0) is 11.8. The molecule has 1 aromatic rings. The second-order valence-corrected chi connectivity index (χ2v) is 4.99. The molecule has 1 rings (SSSR count). The Balaban J connectivity index is 2.56. The van der Waals surface area contributed by atoms with Crippen LogP contribution in [0.15, 0.2) is 24.3 Å². The highest BCUT2D eigenvalue weighted by atomic mass is 32.2. The first-order chi connectivity index (χ1) is 7.81. The topological polar surface area (TPSA) is 12.0 Å². The molecule has 0 radical (unpaired) electrons. The molecule has 0 bridgehead atoms. The van der Waals surface area contributed by atoms with Gasteiger partial charge in [0, 0.05) is 18.3 Å². The van der Waals surface area contributed by atoms with Crippen LogP contribution in [0.3, 0.4) is 0 Å². The van der Waals surface area contributed by atoms with E-state index in [1.807, 2.05) is 11.8 Å². The lowest BCUT2D eigenvalue weighted by molar-refractivity contribution is 0.539. The molecule has 0 fully saturated rings. The van der Waals surface area contributed by atoms with E-state index in [-0.39, 0.29) is 0 Å². The Bertz CT molecular complexity index is 281. The minimum atomic E-state index is 0.512. The van der Waals surface area contributed by atoms with Gasteiger partial charge in [0.2, 0.25) is 0 Å². The summed E-state index contributed by atoms with van der Waals surface area (Å²) in [6.45, 7) is 5.53. The number of rotatable bonds is 7. The van der Waals surface area contributed by atoms with E-state index < -0.39 is 0 Å². The van der Waals surface area contributed by atoms with Gasteiger partial charge in [-0.1, -0.05) is 38.1 Å². The van der Waals surface area contributed by atoms with Gasteiger partial charge in [-0.3, -0.25) is 0 Å². The van der Waals surface area contributed by atoms with E-state index in [9.17, 15) is 0 Å². The van der Waals surface area contributed by atoms with Crippen LogP contribution in [0.4, 0.5) is 0 Å². The Morgan fingerprint density at radius 3 is 2.38 bits per heavy atom. The van der Waals surface area contributed by atoms with E-state index >= 15 is 0 Å². The molecule has 2 heteroatoms. The molecule has 16 heavy (non-hydrogen) atoms. The lowest BCUT2D eigenvalue weighted by atomic mass is 10.0. The maximum Gasteiger partial charge on any atom is 0.0317 e. The third-order valence-electron chi connectivity index (χ3n) is 2.90. The van der Waals surface area contributed by atoms with Gasteiger partial charge in [0.15, 0.2) is 0 Å². The molecule has 1 atom stereocenters. The molecule has 0 aliphatic rings. The Morgan fingerprint density at radius 2 is 1.88 bits per heavy atom. The van der Waals surface area contributed by atoms with Gasteiger partial charge >= 0.3 is 0 Å². The summed E-state index contributed by atoms with van der Waals surface area (Å²) in [5.74, 6) is 1.18. The van der Waals surface area contributed by atoms with Crippen LogP contribution in [-0.2, 0) is 6.42 Å². The quantitative estimate of drug-likeness (QED) is 0.726. The number of aryl methyl sites for hydroxylation is 1. The monoisotopic (exact) mass is 237 g/mol. The van der Waals surface area contributed by atoms with Crippen molar-refractivity contribution in [2.45, 2.75) is 32.7 Å². The summed E-state index contributed by atoms with van der Waals surface area (Å²) in [5, 5.41) is 3.60. The minimum Gasteiger partial charge on any atom is -0.309 e. The number of hydrogen-bond acceptors (Lipinski definition) is 2. The fourth-order valence-corrected chi connectivity index (χ4v) is 2.14. The number of benzene rings is 1. The van der Waals surface area contributed by atoms with Crippen molar-refractivity contribution in [1.29, 1.82) is 0 Å². The average Bonchev–Trinajstić information content (AvgIpc) is 2.35. The normalized spacial score (nSPS) is 12.7. The summed E-state index contributed by atoms with van der Waals surface area (Å²) in [6, 6.07) is 9.53.